The van der Waals surface area contributed by atoms with Crippen LogP contribution < -0.4 is 4.74 Å². The van der Waals surface area contributed by atoms with Crippen LogP contribution in [0.1, 0.15) is 37.7 Å². The molecule has 0 aliphatic carbocycles. The maximum atomic E-state index is 12.7. The van der Waals surface area contributed by atoms with Crippen LogP contribution in [0.3, 0.4) is 0 Å². The van der Waals surface area contributed by atoms with Gasteiger partial charge in [0.25, 0.3) is 0 Å². The molecule has 1 fully saturated rings. The number of halogens is 3. The highest BCUT2D eigenvalue weighted by atomic mass is 19.4. The molecule has 6 nitrogen and oxygen atoms in total. The number of nitrogens with zero attached hydrogens (tertiary/aromatic N) is 1. The average Bonchev–Trinajstić information content (AvgIpc) is 3.06. The van der Waals surface area contributed by atoms with E-state index in [0.717, 1.165) is 12.1 Å². The van der Waals surface area contributed by atoms with Gasteiger partial charge >= 0.3 is 12.1 Å². The SMILES string of the molecule is O=C(O)CCC/C=C\CN1[C@@H](O)CC[C@@H]1/C=C/[C@@H](O)COc1cccc(C(F)(F)F)c1. The fourth-order valence-electron chi connectivity index (χ4n) is 3.28. The Hall–Kier alpha value is -2.36. The molecule has 2 rings (SSSR count). The van der Waals surface area contributed by atoms with Gasteiger partial charge in [0.1, 0.15) is 24.7 Å². The lowest BCUT2D eigenvalue weighted by atomic mass is 10.1. The lowest BCUT2D eigenvalue weighted by Crippen LogP contribution is -2.35. The van der Waals surface area contributed by atoms with Crippen LogP contribution in [0.4, 0.5) is 13.2 Å². The van der Waals surface area contributed by atoms with Crippen molar-refractivity contribution in [3.8, 4) is 5.75 Å². The van der Waals surface area contributed by atoms with Crippen molar-refractivity contribution in [1.82, 2.24) is 4.90 Å². The van der Waals surface area contributed by atoms with Crippen LogP contribution in [0.5, 0.6) is 5.75 Å². The molecule has 31 heavy (non-hydrogen) atoms. The number of likely N-dealkylation sites (tertiary alicyclic amines) is 1. The Bertz CT molecular complexity index is 766. The number of unbranched alkanes of at least 4 members (excludes halogenated alkanes) is 1. The number of hydrogen-bond donors (Lipinski definition) is 3. The summed E-state index contributed by atoms with van der Waals surface area (Å²) in [6, 6.07) is 4.37. The summed E-state index contributed by atoms with van der Waals surface area (Å²) in [5, 5.41) is 28.9. The number of allylic oxidation sites excluding steroid dienone is 1. The van der Waals surface area contributed by atoms with E-state index < -0.39 is 30.0 Å². The number of aliphatic hydroxyl groups excluding tert-OH is 2. The first-order valence-electron chi connectivity index (χ1n) is 10.1. The molecule has 172 valence electrons. The van der Waals surface area contributed by atoms with Gasteiger partial charge < -0.3 is 20.1 Å². The van der Waals surface area contributed by atoms with E-state index in [9.17, 15) is 28.2 Å². The summed E-state index contributed by atoms with van der Waals surface area (Å²) in [5.74, 6) is -0.808. The second-order valence-corrected chi connectivity index (χ2v) is 7.37. The first-order valence-corrected chi connectivity index (χ1v) is 10.1. The number of aliphatic carboxylic acids is 1. The van der Waals surface area contributed by atoms with Crippen molar-refractivity contribution < 1.29 is 38.0 Å². The summed E-state index contributed by atoms with van der Waals surface area (Å²) in [6.07, 6.45) is 3.53. The highest BCUT2D eigenvalue weighted by molar-refractivity contribution is 5.66. The Balaban J connectivity index is 1.81. The highest BCUT2D eigenvalue weighted by Gasteiger charge is 2.31. The Labute approximate surface area is 179 Å². The number of aliphatic hydroxyl groups is 2. The maximum Gasteiger partial charge on any atom is 0.416 e. The number of benzene rings is 1. The molecule has 1 aliphatic rings. The summed E-state index contributed by atoms with van der Waals surface area (Å²) in [4.78, 5) is 12.3. The van der Waals surface area contributed by atoms with Gasteiger partial charge in [0.2, 0.25) is 0 Å². The van der Waals surface area contributed by atoms with Crippen molar-refractivity contribution in [2.24, 2.45) is 0 Å². The third kappa shape index (κ3) is 8.72. The van der Waals surface area contributed by atoms with E-state index in [1.165, 1.54) is 18.2 Å². The smallest absolute Gasteiger partial charge is 0.416 e. The Morgan fingerprint density at radius 2 is 2.06 bits per heavy atom. The minimum absolute atomic E-state index is 0.0215. The topological polar surface area (TPSA) is 90.2 Å². The molecule has 1 aromatic carbocycles. The average molecular weight is 443 g/mol. The van der Waals surface area contributed by atoms with Crippen LogP contribution in [0.2, 0.25) is 0 Å². The number of ether oxygens (including phenoxy) is 1. The van der Waals surface area contributed by atoms with Gasteiger partial charge in [0, 0.05) is 19.0 Å². The normalized spacial score (nSPS) is 21.2. The van der Waals surface area contributed by atoms with Gasteiger partial charge in [-0.25, -0.2) is 0 Å². The molecule has 1 heterocycles. The summed E-state index contributed by atoms with van der Waals surface area (Å²) in [5.41, 5.74) is -0.818. The number of alkyl halides is 3. The van der Waals surface area contributed by atoms with E-state index in [4.69, 9.17) is 9.84 Å². The van der Waals surface area contributed by atoms with Gasteiger partial charge in [-0.1, -0.05) is 30.4 Å². The molecule has 0 unspecified atom stereocenters. The number of hydrogen-bond acceptors (Lipinski definition) is 5. The summed E-state index contributed by atoms with van der Waals surface area (Å²) >= 11 is 0. The van der Waals surface area contributed by atoms with E-state index in [-0.39, 0.29) is 24.8 Å². The molecule has 0 radical (unpaired) electrons. The van der Waals surface area contributed by atoms with E-state index >= 15 is 0 Å². The first kappa shape index (κ1) is 24.9. The van der Waals surface area contributed by atoms with Crippen molar-refractivity contribution in [3.05, 3.63) is 54.1 Å². The van der Waals surface area contributed by atoms with E-state index in [1.807, 2.05) is 17.1 Å². The van der Waals surface area contributed by atoms with Crippen molar-refractivity contribution in [3.63, 3.8) is 0 Å². The Kier molecular flexibility index (Phi) is 9.54. The maximum absolute atomic E-state index is 12.7. The van der Waals surface area contributed by atoms with E-state index in [1.54, 1.807) is 6.08 Å². The van der Waals surface area contributed by atoms with Crippen LogP contribution in [-0.2, 0) is 11.0 Å². The summed E-state index contributed by atoms with van der Waals surface area (Å²) in [6.45, 7) is 0.288. The van der Waals surface area contributed by atoms with Crippen LogP contribution in [0.15, 0.2) is 48.6 Å². The predicted molar refractivity (Wildman–Crippen MR) is 108 cm³/mol. The third-order valence-corrected chi connectivity index (χ3v) is 4.91. The van der Waals surface area contributed by atoms with Crippen molar-refractivity contribution in [2.45, 2.75) is 56.7 Å². The quantitative estimate of drug-likeness (QED) is 0.358. The lowest BCUT2D eigenvalue weighted by molar-refractivity contribution is -0.138. The molecular formula is C22H28F3NO5. The zero-order chi connectivity index (χ0) is 22.9. The highest BCUT2D eigenvalue weighted by Crippen LogP contribution is 2.31. The number of carboxylic acids is 1. The summed E-state index contributed by atoms with van der Waals surface area (Å²) < 4.78 is 43.5. The molecule has 0 saturated carbocycles. The molecule has 3 N–H and O–H groups in total. The fourth-order valence-corrected chi connectivity index (χ4v) is 3.28. The third-order valence-electron chi connectivity index (χ3n) is 4.91. The minimum atomic E-state index is -4.46. The molecular weight excluding hydrogens is 415 g/mol. The van der Waals surface area contributed by atoms with E-state index in [2.05, 4.69) is 0 Å². The molecule has 9 heteroatoms. The van der Waals surface area contributed by atoms with Crippen LogP contribution in [-0.4, -0.2) is 57.7 Å². The molecule has 3 atom stereocenters. The van der Waals surface area contributed by atoms with Crippen LogP contribution in [0.25, 0.3) is 0 Å². The molecule has 0 bridgehead atoms. The molecule has 1 aromatic rings. The number of carboxylic acid groups (broad SMARTS) is 1. The van der Waals surface area contributed by atoms with Crippen molar-refractivity contribution in [2.75, 3.05) is 13.2 Å². The Morgan fingerprint density at radius 1 is 1.29 bits per heavy atom. The largest absolute Gasteiger partial charge is 0.491 e. The second kappa shape index (κ2) is 11.9. The van der Waals surface area contributed by atoms with Gasteiger partial charge in [0.15, 0.2) is 0 Å². The lowest BCUT2D eigenvalue weighted by Gasteiger charge is -2.24. The summed E-state index contributed by atoms with van der Waals surface area (Å²) in [7, 11) is 0. The number of rotatable bonds is 11. The van der Waals surface area contributed by atoms with Gasteiger partial charge in [-0.15, -0.1) is 0 Å². The predicted octanol–water partition coefficient (Wildman–Crippen LogP) is 3.60. The monoisotopic (exact) mass is 443 g/mol. The van der Waals surface area contributed by atoms with Gasteiger partial charge in [-0.2, -0.15) is 13.2 Å². The Morgan fingerprint density at radius 3 is 2.77 bits per heavy atom. The van der Waals surface area contributed by atoms with Crippen LogP contribution in [0, 0.1) is 0 Å². The molecule has 1 aliphatic heterocycles. The molecule has 0 spiro atoms. The zero-order valence-electron chi connectivity index (χ0n) is 17.0. The zero-order valence-corrected chi connectivity index (χ0v) is 17.0. The van der Waals surface area contributed by atoms with Crippen molar-refractivity contribution in [1.29, 1.82) is 0 Å². The molecule has 0 amide bonds. The second-order valence-electron chi connectivity index (χ2n) is 7.37. The van der Waals surface area contributed by atoms with Gasteiger partial charge in [0.05, 0.1) is 5.56 Å². The number of carbonyl (C=O) groups is 1. The standard InChI is InChI=1S/C22H28F3NO5/c23-22(24,25)16-6-5-7-19(14-16)31-15-18(27)11-9-17-10-12-20(28)26(17)13-4-2-1-3-8-21(29)30/h2,4-7,9,11,14,17-18,20,27-28H,1,3,8,10,12-13,15H2,(H,29,30)/b4-2-,11-9+/t17-,18+,20-/m0/s1. The van der Waals surface area contributed by atoms with Crippen molar-refractivity contribution >= 4 is 5.97 Å². The van der Waals surface area contributed by atoms with E-state index in [0.29, 0.717) is 32.2 Å². The fraction of sp³-hybridized carbons (Fsp3) is 0.500. The first-order chi connectivity index (χ1) is 14.7. The molecule has 0 aromatic heterocycles. The van der Waals surface area contributed by atoms with Crippen LogP contribution >= 0.6 is 0 Å². The molecule has 1 saturated heterocycles. The minimum Gasteiger partial charge on any atom is -0.491 e. The van der Waals surface area contributed by atoms with Gasteiger partial charge in [-0.05, 0) is 43.9 Å². The van der Waals surface area contributed by atoms with Gasteiger partial charge in [-0.3, -0.25) is 9.69 Å².